The Morgan fingerprint density at radius 1 is 1.28 bits per heavy atom. The molecule has 0 bridgehead atoms. The van der Waals surface area contributed by atoms with Gasteiger partial charge in [-0.2, -0.15) is 0 Å². The number of amides is 1. The molecule has 2 aliphatic heterocycles. The van der Waals surface area contributed by atoms with Crippen LogP contribution in [0.3, 0.4) is 0 Å². The Morgan fingerprint density at radius 3 is 2.69 bits per heavy atom. The van der Waals surface area contributed by atoms with Crippen molar-refractivity contribution in [1.29, 1.82) is 0 Å². The summed E-state index contributed by atoms with van der Waals surface area (Å²) in [5, 5.41) is 3.22. The first kappa shape index (κ1) is 22.2. The van der Waals surface area contributed by atoms with Crippen LogP contribution in [0.1, 0.15) is 30.7 Å². The smallest absolute Gasteiger partial charge is 0.338 e. The van der Waals surface area contributed by atoms with E-state index in [1.807, 2.05) is 28.5 Å². The number of amidine groups is 1. The van der Waals surface area contributed by atoms with Gasteiger partial charge in [-0.1, -0.05) is 35.5 Å². The van der Waals surface area contributed by atoms with Crippen LogP contribution in [-0.2, 0) is 20.9 Å². The van der Waals surface area contributed by atoms with E-state index in [0.29, 0.717) is 33.8 Å². The summed E-state index contributed by atoms with van der Waals surface area (Å²) < 4.78 is 10.4. The molecule has 1 aromatic heterocycles. The maximum Gasteiger partial charge on any atom is 0.338 e. The van der Waals surface area contributed by atoms with Crippen LogP contribution in [0.25, 0.3) is 0 Å². The second-order valence-electron chi connectivity index (χ2n) is 7.44. The van der Waals surface area contributed by atoms with Crippen molar-refractivity contribution in [2.45, 2.75) is 25.9 Å². The number of esters is 1. The van der Waals surface area contributed by atoms with E-state index in [0.717, 1.165) is 11.3 Å². The lowest BCUT2D eigenvalue weighted by atomic mass is 9.94. The minimum absolute atomic E-state index is 0.0738. The van der Waals surface area contributed by atoms with Gasteiger partial charge in [0.05, 0.1) is 43.7 Å². The summed E-state index contributed by atoms with van der Waals surface area (Å²) in [4.78, 5) is 33.9. The molecule has 2 aromatic rings. The van der Waals surface area contributed by atoms with Gasteiger partial charge in [-0.3, -0.25) is 4.79 Å². The maximum atomic E-state index is 13.0. The Balaban J connectivity index is 1.64. The van der Waals surface area contributed by atoms with Crippen molar-refractivity contribution in [3.63, 3.8) is 0 Å². The van der Waals surface area contributed by atoms with Crippen LogP contribution in [-0.4, -0.2) is 41.0 Å². The van der Waals surface area contributed by atoms with Crippen LogP contribution in [0.4, 0.5) is 0 Å². The van der Waals surface area contributed by atoms with Crippen molar-refractivity contribution in [3.8, 4) is 0 Å². The second-order valence-corrected chi connectivity index (χ2v) is 8.72. The number of carbonyl (C=O) groups is 2. The molecule has 0 N–H and O–H groups in total. The van der Waals surface area contributed by atoms with Crippen LogP contribution in [0, 0.1) is 0 Å². The monoisotopic (exact) mass is 471 g/mol. The predicted molar refractivity (Wildman–Crippen MR) is 124 cm³/mol. The average Bonchev–Trinajstić information content (AvgIpc) is 3.43. The zero-order valence-electron chi connectivity index (χ0n) is 17.9. The zero-order valence-corrected chi connectivity index (χ0v) is 19.4. The number of fused-ring (bicyclic) bond motifs is 1. The minimum atomic E-state index is -0.475. The van der Waals surface area contributed by atoms with Gasteiger partial charge in [-0.05, 0) is 42.2 Å². The van der Waals surface area contributed by atoms with E-state index >= 15 is 0 Å². The van der Waals surface area contributed by atoms with Crippen molar-refractivity contribution in [3.05, 3.63) is 81.4 Å². The molecule has 0 radical (unpaired) electrons. The number of aliphatic imine (C=N–C) groups is 1. The molecule has 4 rings (SSSR count). The standard InChI is InChI=1S/C23H22ClN3O4S/c1-14-20(22(29)30-3)21(15-6-8-16(24)9-7-15)27-17(13-32-23(27)25-14)11-19(28)26(2)12-18-5-4-10-31-18/h4-10,13,21H,11-12H2,1-3H3/t21-/m0/s1. The second kappa shape index (κ2) is 9.26. The van der Waals surface area contributed by atoms with Crippen molar-refractivity contribution in [2.75, 3.05) is 14.2 Å². The molecule has 32 heavy (non-hydrogen) atoms. The van der Waals surface area contributed by atoms with Crippen molar-refractivity contribution in [2.24, 2.45) is 4.99 Å². The summed E-state index contributed by atoms with van der Waals surface area (Å²) in [6, 6.07) is 10.5. The Labute approximate surface area is 195 Å². The number of hydrogen-bond donors (Lipinski definition) is 0. The quantitative estimate of drug-likeness (QED) is 0.567. The summed E-state index contributed by atoms with van der Waals surface area (Å²) in [7, 11) is 3.09. The van der Waals surface area contributed by atoms with Crippen molar-refractivity contribution >= 4 is 40.4 Å². The number of hydrogen-bond acceptors (Lipinski definition) is 7. The van der Waals surface area contributed by atoms with Crippen LogP contribution < -0.4 is 0 Å². The van der Waals surface area contributed by atoms with Crippen molar-refractivity contribution in [1.82, 2.24) is 9.80 Å². The van der Waals surface area contributed by atoms with Gasteiger partial charge in [0.1, 0.15) is 5.76 Å². The first-order valence-corrected chi connectivity index (χ1v) is 11.2. The third-order valence-electron chi connectivity index (χ3n) is 5.32. The number of methoxy groups -OCH3 is 1. The largest absolute Gasteiger partial charge is 0.467 e. The highest BCUT2D eigenvalue weighted by atomic mass is 35.5. The third-order valence-corrected chi connectivity index (χ3v) is 6.46. The molecular weight excluding hydrogens is 450 g/mol. The Hall–Kier alpha value is -2.97. The van der Waals surface area contributed by atoms with Gasteiger partial charge in [0.15, 0.2) is 5.17 Å². The van der Waals surface area contributed by atoms with Gasteiger partial charge in [-0.25, -0.2) is 9.79 Å². The number of nitrogens with zero attached hydrogens (tertiary/aromatic N) is 3. The van der Waals surface area contributed by atoms with Gasteiger partial charge >= 0.3 is 5.97 Å². The summed E-state index contributed by atoms with van der Waals surface area (Å²) in [5.41, 5.74) is 2.64. The zero-order chi connectivity index (χ0) is 22.8. The predicted octanol–water partition coefficient (Wildman–Crippen LogP) is 4.73. The fourth-order valence-corrected chi connectivity index (χ4v) is 4.81. The van der Waals surface area contributed by atoms with Crippen LogP contribution in [0.15, 0.2) is 74.4 Å². The fourth-order valence-electron chi connectivity index (χ4n) is 3.72. The van der Waals surface area contributed by atoms with Crippen LogP contribution in [0.2, 0.25) is 5.02 Å². The molecule has 0 saturated carbocycles. The molecule has 0 spiro atoms. The molecule has 3 heterocycles. The number of rotatable bonds is 6. The van der Waals surface area contributed by atoms with Gasteiger partial charge < -0.3 is 19.0 Å². The molecule has 0 aliphatic carbocycles. The number of ether oxygens (including phenoxy) is 1. The van der Waals surface area contributed by atoms with Crippen molar-refractivity contribution < 1.29 is 18.7 Å². The van der Waals surface area contributed by atoms with E-state index < -0.39 is 12.0 Å². The van der Waals surface area contributed by atoms with E-state index in [2.05, 4.69) is 4.99 Å². The number of carbonyl (C=O) groups excluding carboxylic acids is 2. The van der Waals surface area contributed by atoms with Gasteiger partial charge in [-0.15, -0.1) is 0 Å². The molecule has 0 fully saturated rings. The highest BCUT2D eigenvalue weighted by Gasteiger charge is 2.41. The van der Waals surface area contributed by atoms with E-state index in [1.165, 1.54) is 18.9 Å². The van der Waals surface area contributed by atoms with E-state index in [-0.39, 0.29) is 12.3 Å². The lowest BCUT2D eigenvalue weighted by Gasteiger charge is -2.36. The number of furan rings is 1. The molecular formula is C23H22ClN3O4S. The molecule has 0 saturated heterocycles. The number of thioether (sulfide) groups is 1. The third kappa shape index (κ3) is 4.33. The summed E-state index contributed by atoms with van der Waals surface area (Å²) >= 11 is 7.53. The average molecular weight is 472 g/mol. The number of halogens is 1. The minimum Gasteiger partial charge on any atom is -0.467 e. The molecule has 1 amide bonds. The van der Waals surface area contributed by atoms with Gasteiger partial charge in [0.2, 0.25) is 5.91 Å². The van der Waals surface area contributed by atoms with Gasteiger partial charge in [0.25, 0.3) is 0 Å². The summed E-state index contributed by atoms with van der Waals surface area (Å²) in [6.45, 7) is 2.17. The highest BCUT2D eigenvalue weighted by Crippen LogP contribution is 2.45. The van der Waals surface area contributed by atoms with Crippen LogP contribution >= 0.6 is 23.4 Å². The summed E-state index contributed by atoms with van der Waals surface area (Å²) in [5.74, 6) is 0.180. The summed E-state index contributed by atoms with van der Waals surface area (Å²) in [6.07, 6.45) is 1.74. The molecule has 2 aliphatic rings. The molecule has 7 nitrogen and oxygen atoms in total. The molecule has 1 atom stereocenters. The fraction of sp³-hybridized carbons (Fsp3) is 0.261. The first-order valence-electron chi connectivity index (χ1n) is 9.93. The lowest BCUT2D eigenvalue weighted by Crippen LogP contribution is -2.38. The topological polar surface area (TPSA) is 75.3 Å². The molecule has 166 valence electrons. The van der Waals surface area contributed by atoms with Gasteiger partial charge in [0, 0.05) is 17.8 Å². The molecule has 9 heteroatoms. The first-order chi connectivity index (χ1) is 15.4. The lowest BCUT2D eigenvalue weighted by molar-refractivity contribution is -0.136. The highest BCUT2D eigenvalue weighted by molar-refractivity contribution is 8.16. The Morgan fingerprint density at radius 2 is 2.03 bits per heavy atom. The molecule has 1 aromatic carbocycles. The molecule has 0 unspecified atom stereocenters. The van der Waals surface area contributed by atoms with E-state index in [9.17, 15) is 9.59 Å². The maximum absolute atomic E-state index is 13.0. The van der Waals surface area contributed by atoms with E-state index in [1.54, 1.807) is 43.3 Å². The van der Waals surface area contributed by atoms with E-state index in [4.69, 9.17) is 20.8 Å². The number of allylic oxidation sites excluding steroid dienone is 1. The number of benzene rings is 1. The SMILES string of the molecule is COC(=O)C1=C(C)N=C2SC=C(CC(=O)N(C)Cc3ccco3)N2[C@H]1c1ccc(Cl)cc1. The Bertz CT molecular complexity index is 1120. The normalized spacial score (nSPS) is 17.6. The van der Waals surface area contributed by atoms with Crippen LogP contribution in [0.5, 0.6) is 0 Å². The Kier molecular flexibility index (Phi) is 6.43.